The smallest absolute Gasteiger partial charge is 0.229 e. The third-order valence-corrected chi connectivity index (χ3v) is 6.56. The summed E-state index contributed by atoms with van der Waals surface area (Å²) in [5.41, 5.74) is 3.68. The largest absolute Gasteiger partial charge is 0.489 e. The minimum atomic E-state index is -3.41. The number of amides is 1. The summed E-state index contributed by atoms with van der Waals surface area (Å²) in [6, 6.07) is 10.7. The number of nitrogens with one attached hydrogen (secondary N) is 1. The lowest BCUT2D eigenvalue weighted by Crippen LogP contribution is -2.31. The van der Waals surface area contributed by atoms with E-state index in [1.165, 1.54) is 0 Å². The molecule has 1 atom stereocenters. The average Bonchev–Trinajstić information content (AvgIpc) is 2.96. The van der Waals surface area contributed by atoms with Gasteiger partial charge in [-0.3, -0.25) is 4.79 Å². The molecule has 0 spiro atoms. The monoisotopic (exact) mass is 357 g/mol. The summed E-state index contributed by atoms with van der Waals surface area (Å²) >= 11 is 0. The van der Waals surface area contributed by atoms with Crippen LogP contribution in [0.2, 0.25) is 0 Å². The summed E-state index contributed by atoms with van der Waals surface area (Å²) in [4.78, 5) is 12.0. The number of carbonyl (C=O) groups is 1. The van der Waals surface area contributed by atoms with E-state index >= 15 is 0 Å². The first-order valence-corrected chi connectivity index (χ1v) is 9.98. The highest BCUT2D eigenvalue weighted by Crippen LogP contribution is 2.39. The number of hydrogen-bond acceptors (Lipinski definition) is 4. The van der Waals surface area contributed by atoms with Gasteiger partial charge in [-0.05, 0) is 43.5 Å². The Labute approximate surface area is 146 Å². The maximum absolute atomic E-state index is 12.7. The lowest BCUT2D eigenvalue weighted by molar-refractivity contribution is -0.115. The molecule has 0 saturated heterocycles. The Morgan fingerprint density at radius 1 is 1.16 bits per heavy atom. The third-order valence-electron chi connectivity index (χ3n) is 4.76. The van der Waals surface area contributed by atoms with E-state index in [4.69, 9.17) is 4.74 Å². The first-order chi connectivity index (χ1) is 11.9. The lowest BCUT2D eigenvalue weighted by Gasteiger charge is -2.27. The van der Waals surface area contributed by atoms with E-state index in [1.807, 2.05) is 19.1 Å². The van der Waals surface area contributed by atoms with Crippen LogP contribution in [-0.4, -0.2) is 26.2 Å². The van der Waals surface area contributed by atoms with Crippen LogP contribution in [0.25, 0.3) is 0 Å². The Kier molecular flexibility index (Phi) is 3.80. The number of fused-ring (bicyclic) bond motifs is 3. The van der Waals surface area contributed by atoms with Crippen LogP contribution in [0.1, 0.15) is 23.1 Å². The second-order valence-electron chi connectivity index (χ2n) is 6.68. The van der Waals surface area contributed by atoms with Gasteiger partial charge < -0.3 is 10.1 Å². The molecule has 2 aliphatic rings. The van der Waals surface area contributed by atoms with E-state index in [1.54, 1.807) is 24.3 Å². The number of aryl methyl sites for hydroxylation is 2. The van der Waals surface area contributed by atoms with Crippen LogP contribution in [0, 0.1) is 6.92 Å². The molecule has 25 heavy (non-hydrogen) atoms. The number of rotatable bonds is 3. The minimum absolute atomic E-state index is 0.0543. The molecule has 1 amide bonds. The molecular weight excluding hydrogens is 338 g/mol. The first kappa shape index (κ1) is 16.1. The number of ether oxygens (including phenoxy) is 1. The fourth-order valence-corrected chi connectivity index (χ4v) is 4.88. The van der Waals surface area contributed by atoms with Crippen molar-refractivity contribution in [3.63, 3.8) is 0 Å². The third kappa shape index (κ3) is 3.02. The van der Waals surface area contributed by atoms with Gasteiger partial charge in [-0.1, -0.05) is 23.8 Å². The molecule has 0 saturated carbocycles. The summed E-state index contributed by atoms with van der Waals surface area (Å²) in [6.07, 6.45) is 1.29. The van der Waals surface area contributed by atoms with Crippen LogP contribution in [-0.2, 0) is 27.5 Å². The molecule has 0 aliphatic carbocycles. The highest BCUT2D eigenvalue weighted by molar-refractivity contribution is 7.91. The number of carbonyl (C=O) groups excluding carboxylic acids is 1. The Balaban J connectivity index is 1.58. The van der Waals surface area contributed by atoms with Crippen molar-refractivity contribution in [2.45, 2.75) is 37.2 Å². The zero-order valence-corrected chi connectivity index (χ0v) is 14.7. The van der Waals surface area contributed by atoms with Gasteiger partial charge in [0.25, 0.3) is 0 Å². The van der Waals surface area contributed by atoms with Gasteiger partial charge in [0.05, 0.1) is 17.1 Å². The molecule has 2 aromatic rings. The molecule has 130 valence electrons. The van der Waals surface area contributed by atoms with Crippen molar-refractivity contribution in [3.05, 3.63) is 53.1 Å². The second-order valence-corrected chi connectivity index (χ2v) is 8.71. The molecule has 0 fully saturated rings. The molecule has 2 heterocycles. The van der Waals surface area contributed by atoms with Gasteiger partial charge in [0.15, 0.2) is 9.84 Å². The van der Waals surface area contributed by atoms with Crippen LogP contribution in [0.4, 0.5) is 5.69 Å². The van der Waals surface area contributed by atoms with Crippen molar-refractivity contribution in [2.24, 2.45) is 0 Å². The van der Waals surface area contributed by atoms with E-state index in [9.17, 15) is 13.2 Å². The van der Waals surface area contributed by atoms with Gasteiger partial charge in [0.1, 0.15) is 11.9 Å². The molecule has 2 aromatic carbocycles. The van der Waals surface area contributed by atoms with Crippen molar-refractivity contribution in [2.75, 3.05) is 11.1 Å². The Morgan fingerprint density at radius 2 is 1.92 bits per heavy atom. The van der Waals surface area contributed by atoms with Gasteiger partial charge >= 0.3 is 0 Å². The summed E-state index contributed by atoms with van der Waals surface area (Å²) in [6.45, 7) is 1.92. The molecule has 1 N–H and O–H groups in total. The van der Waals surface area contributed by atoms with E-state index in [-0.39, 0.29) is 18.1 Å². The quantitative estimate of drug-likeness (QED) is 0.917. The Hall–Kier alpha value is -2.34. The van der Waals surface area contributed by atoms with E-state index in [0.29, 0.717) is 17.1 Å². The van der Waals surface area contributed by atoms with Gasteiger partial charge in [-0.15, -0.1) is 0 Å². The molecule has 2 aliphatic heterocycles. The molecule has 6 heteroatoms. The van der Waals surface area contributed by atoms with Gasteiger partial charge in [0, 0.05) is 11.3 Å². The predicted octanol–water partition coefficient (Wildman–Crippen LogP) is 2.66. The topological polar surface area (TPSA) is 72.5 Å². The number of benzene rings is 2. The average molecular weight is 357 g/mol. The molecule has 0 radical (unpaired) electrons. The molecule has 1 unspecified atom stereocenters. The highest BCUT2D eigenvalue weighted by atomic mass is 32.2. The van der Waals surface area contributed by atoms with Crippen LogP contribution >= 0.6 is 0 Å². The van der Waals surface area contributed by atoms with Gasteiger partial charge in [0.2, 0.25) is 5.91 Å². The minimum Gasteiger partial charge on any atom is -0.489 e. The summed E-state index contributed by atoms with van der Waals surface area (Å²) < 4.78 is 31.4. The van der Waals surface area contributed by atoms with Crippen LogP contribution in [0.15, 0.2) is 41.3 Å². The molecule has 0 bridgehead atoms. The van der Waals surface area contributed by atoms with Crippen molar-refractivity contribution < 1.29 is 17.9 Å². The van der Waals surface area contributed by atoms with E-state index < -0.39 is 15.9 Å². The summed E-state index contributed by atoms with van der Waals surface area (Å²) in [5.74, 6) is 0.577. The van der Waals surface area contributed by atoms with Crippen molar-refractivity contribution in [1.82, 2.24) is 0 Å². The number of hydrogen-bond donors (Lipinski definition) is 1. The zero-order valence-electron chi connectivity index (χ0n) is 13.9. The summed E-state index contributed by atoms with van der Waals surface area (Å²) in [5, 5.41) is 2.80. The normalized spacial score (nSPS) is 18.9. The maximum atomic E-state index is 12.7. The number of anilines is 1. The fraction of sp³-hybridized carbons (Fsp3) is 0.316. The standard InChI is InChI=1S/C19H19NO4S/c1-12-2-7-15(8-3-12)25(22,23)11-14-6-4-13-5-9-17-16(19(13)24-14)10-18(21)20-17/h2-3,5,7-9,14H,4,6,10-11H2,1H3,(H,20,21). The van der Waals surface area contributed by atoms with Crippen LogP contribution in [0.3, 0.4) is 0 Å². The first-order valence-electron chi connectivity index (χ1n) is 8.33. The maximum Gasteiger partial charge on any atom is 0.229 e. The molecule has 0 aromatic heterocycles. The molecule has 5 nitrogen and oxygen atoms in total. The van der Waals surface area contributed by atoms with Gasteiger partial charge in [-0.2, -0.15) is 0 Å². The summed E-state index contributed by atoms with van der Waals surface area (Å²) in [7, 11) is -3.41. The van der Waals surface area contributed by atoms with Crippen LogP contribution < -0.4 is 10.1 Å². The predicted molar refractivity (Wildman–Crippen MR) is 94.7 cm³/mol. The molecular formula is C19H19NO4S. The van der Waals surface area contributed by atoms with E-state index in [2.05, 4.69) is 5.32 Å². The van der Waals surface area contributed by atoms with E-state index in [0.717, 1.165) is 28.8 Å². The number of sulfone groups is 1. The highest BCUT2D eigenvalue weighted by Gasteiger charge is 2.31. The van der Waals surface area contributed by atoms with Crippen LogP contribution in [0.5, 0.6) is 5.75 Å². The zero-order chi connectivity index (χ0) is 17.6. The van der Waals surface area contributed by atoms with Crippen molar-refractivity contribution in [1.29, 1.82) is 0 Å². The Bertz CT molecular complexity index is 948. The molecule has 4 rings (SSSR count). The fourth-order valence-electron chi connectivity index (χ4n) is 3.41. The van der Waals surface area contributed by atoms with Crippen molar-refractivity contribution >= 4 is 21.4 Å². The Morgan fingerprint density at radius 3 is 2.68 bits per heavy atom. The van der Waals surface area contributed by atoms with Crippen molar-refractivity contribution in [3.8, 4) is 5.75 Å². The lowest BCUT2D eigenvalue weighted by atomic mass is 9.98. The van der Waals surface area contributed by atoms with Gasteiger partial charge in [-0.25, -0.2) is 8.42 Å². The second kappa shape index (κ2) is 5.88. The SMILES string of the molecule is Cc1ccc(S(=O)(=O)CC2CCc3ccc4c(c3O2)CC(=O)N4)cc1.